The van der Waals surface area contributed by atoms with Crippen LogP contribution in [0.25, 0.3) is 0 Å². The highest BCUT2D eigenvalue weighted by Crippen LogP contribution is 2.29. The van der Waals surface area contributed by atoms with Crippen molar-refractivity contribution in [2.24, 2.45) is 0 Å². The molecule has 1 amide bonds. The van der Waals surface area contributed by atoms with Gasteiger partial charge >= 0.3 is 0 Å². The molecule has 1 aromatic carbocycles. The number of rotatable bonds is 7. The normalized spacial score (nSPS) is 11.0. The smallest absolute Gasteiger partial charge is 0.254 e. The van der Waals surface area contributed by atoms with E-state index in [4.69, 9.17) is 0 Å². The van der Waals surface area contributed by atoms with Gasteiger partial charge in [-0.05, 0) is 24.3 Å². The van der Waals surface area contributed by atoms with E-state index in [-0.39, 0.29) is 16.2 Å². The largest absolute Gasteiger partial charge is 0.355 e. The summed E-state index contributed by atoms with van der Waals surface area (Å²) in [4.78, 5) is 20.5. The monoisotopic (exact) mass is 429 g/mol. The topological polar surface area (TPSA) is 113 Å². The summed E-state index contributed by atoms with van der Waals surface area (Å²) in [7, 11) is -2.01. The lowest BCUT2D eigenvalue weighted by molar-refractivity contribution is 0.0963. The number of benzene rings is 1. The molecule has 3 aromatic rings. The summed E-state index contributed by atoms with van der Waals surface area (Å²) < 4.78 is 37.9. The Morgan fingerprint density at radius 2 is 1.73 bits per heavy atom. The van der Waals surface area contributed by atoms with E-state index in [1.807, 2.05) is 0 Å². The first-order chi connectivity index (χ1) is 14.3. The number of anilines is 4. The second-order valence-electron chi connectivity index (χ2n) is 6.21. The summed E-state index contributed by atoms with van der Waals surface area (Å²) in [5, 5.41) is 8.48. The van der Waals surface area contributed by atoms with E-state index in [9.17, 15) is 17.6 Å². The van der Waals surface area contributed by atoms with Gasteiger partial charge in [0, 0.05) is 19.3 Å². The fourth-order valence-corrected chi connectivity index (χ4v) is 3.72. The van der Waals surface area contributed by atoms with Crippen molar-refractivity contribution in [1.29, 1.82) is 0 Å². The van der Waals surface area contributed by atoms with Crippen LogP contribution in [0.4, 0.5) is 27.4 Å². The van der Waals surface area contributed by atoms with Crippen molar-refractivity contribution in [1.82, 2.24) is 15.3 Å². The van der Waals surface area contributed by atoms with Gasteiger partial charge in [-0.3, -0.25) is 4.79 Å². The molecule has 30 heavy (non-hydrogen) atoms. The van der Waals surface area contributed by atoms with Crippen molar-refractivity contribution in [2.45, 2.75) is 11.8 Å². The fraction of sp³-hybridized carbons (Fsp3) is 0.150. The number of pyridine rings is 2. The average Bonchev–Trinajstić information content (AvgIpc) is 2.75. The third-order valence-electron chi connectivity index (χ3n) is 4.23. The van der Waals surface area contributed by atoms with E-state index in [2.05, 4.69) is 25.9 Å². The molecule has 0 unspecified atom stereocenters. The van der Waals surface area contributed by atoms with Crippen molar-refractivity contribution in [3.63, 3.8) is 0 Å². The van der Waals surface area contributed by atoms with Gasteiger partial charge in [0.05, 0.1) is 33.8 Å². The maximum atomic E-state index is 13.1. The molecule has 0 aliphatic heterocycles. The highest BCUT2D eigenvalue weighted by atomic mass is 32.2. The van der Waals surface area contributed by atoms with Crippen LogP contribution in [-0.4, -0.2) is 37.1 Å². The molecule has 0 aliphatic carbocycles. The predicted molar refractivity (Wildman–Crippen MR) is 113 cm³/mol. The Balaban J connectivity index is 2.02. The van der Waals surface area contributed by atoms with Gasteiger partial charge in [0.15, 0.2) is 9.84 Å². The number of sulfone groups is 1. The number of hydrogen-bond acceptors (Lipinski definition) is 7. The van der Waals surface area contributed by atoms with Crippen LogP contribution in [0.5, 0.6) is 0 Å². The molecule has 3 N–H and O–H groups in total. The highest BCUT2D eigenvalue weighted by molar-refractivity contribution is 7.91. The number of nitrogens with zero attached hydrogens (tertiary/aromatic N) is 2. The van der Waals surface area contributed by atoms with Gasteiger partial charge in [-0.25, -0.2) is 22.8 Å². The van der Waals surface area contributed by atoms with E-state index in [1.165, 1.54) is 31.4 Å². The zero-order valence-corrected chi connectivity index (χ0v) is 17.1. The summed E-state index contributed by atoms with van der Waals surface area (Å²) in [6, 6.07) is 10.7. The SMILES string of the molecule is CCS(=O)(=O)c1ccccc1Nc1cc(Nc2ccc(F)cn2)ncc1C(=O)NC. The summed E-state index contributed by atoms with van der Waals surface area (Å²) in [5.41, 5.74) is 0.896. The van der Waals surface area contributed by atoms with Crippen molar-refractivity contribution in [3.8, 4) is 0 Å². The molecule has 0 spiro atoms. The molecule has 0 aliphatic rings. The first-order valence-corrected chi connectivity index (χ1v) is 10.7. The van der Waals surface area contributed by atoms with Crippen LogP contribution in [0.3, 0.4) is 0 Å². The van der Waals surface area contributed by atoms with E-state index < -0.39 is 21.6 Å². The minimum atomic E-state index is -3.49. The Hall–Kier alpha value is -3.53. The molecule has 0 saturated heterocycles. The Morgan fingerprint density at radius 1 is 1.00 bits per heavy atom. The number of carbonyl (C=O) groups is 1. The minimum Gasteiger partial charge on any atom is -0.355 e. The van der Waals surface area contributed by atoms with Crippen LogP contribution >= 0.6 is 0 Å². The lowest BCUT2D eigenvalue weighted by Gasteiger charge is -2.16. The number of aromatic nitrogens is 2. The number of amides is 1. The molecule has 0 saturated carbocycles. The van der Waals surface area contributed by atoms with E-state index in [0.717, 1.165) is 6.20 Å². The molecule has 10 heteroatoms. The summed E-state index contributed by atoms with van der Waals surface area (Å²) >= 11 is 0. The fourth-order valence-electron chi connectivity index (χ4n) is 2.67. The van der Waals surface area contributed by atoms with Crippen molar-refractivity contribution >= 4 is 38.8 Å². The number of hydrogen-bond donors (Lipinski definition) is 3. The van der Waals surface area contributed by atoms with Crippen molar-refractivity contribution < 1.29 is 17.6 Å². The van der Waals surface area contributed by atoms with Crippen LogP contribution in [0.15, 0.2) is 59.8 Å². The van der Waals surface area contributed by atoms with Gasteiger partial charge in [0.2, 0.25) is 0 Å². The number of para-hydroxylation sites is 1. The lowest BCUT2D eigenvalue weighted by atomic mass is 10.2. The highest BCUT2D eigenvalue weighted by Gasteiger charge is 2.19. The third kappa shape index (κ3) is 4.71. The van der Waals surface area contributed by atoms with Crippen LogP contribution in [0.2, 0.25) is 0 Å². The van der Waals surface area contributed by atoms with Gasteiger partial charge in [0.25, 0.3) is 5.91 Å². The molecule has 3 rings (SSSR count). The summed E-state index contributed by atoms with van der Waals surface area (Å²) in [6.45, 7) is 1.56. The van der Waals surface area contributed by atoms with Crippen molar-refractivity contribution in [2.75, 3.05) is 23.4 Å². The Morgan fingerprint density at radius 3 is 2.40 bits per heavy atom. The van der Waals surface area contributed by atoms with Crippen molar-refractivity contribution in [3.05, 3.63) is 66.2 Å². The Labute approximate surface area is 173 Å². The quantitative estimate of drug-likeness (QED) is 0.528. The molecule has 8 nitrogen and oxygen atoms in total. The molecular formula is C20H20FN5O3S. The van der Waals surface area contributed by atoms with Gasteiger partial charge < -0.3 is 16.0 Å². The van der Waals surface area contributed by atoms with E-state index in [1.54, 1.807) is 31.2 Å². The number of nitrogens with one attached hydrogen (secondary N) is 3. The van der Waals surface area contributed by atoms with Gasteiger partial charge in [-0.2, -0.15) is 0 Å². The Bertz CT molecular complexity index is 1170. The van der Waals surface area contributed by atoms with Gasteiger partial charge in [-0.15, -0.1) is 0 Å². The van der Waals surface area contributed by atoms with Crippen LogP contribution in [-0.2, 0) is 9.84 Å². The zero-order chi connectivity index (χ0) is 21.7. The molecule has 0 bridgehead atoms. The molecular weight excluding hydrogens is 409 g/mol. The van der Waals surface area contributed by atoms with E-state index >= 15 is 0 Å². The van der Waals surface area contributed by atoms with Gasteiger partial charge in [-0.1, -0.05) is 19.1 Å². The molecule has 0 radical (unpaired) electrons. The lowest BCUT2D eigenvalue weighted by Crippen LogP contribution is -2.20. The first-order valence-electron chi connectivity index (χ1n) is 9.03. The second-order valence-corrected chi connectivity index (χ2v) is 8.45. The Kier molecular flexibility index (Phi) is 6.26. The summed E-state index contributed by atoms with van der Waals surface area (Å²) in [5.74, 6) is -0.239. The molecule has 2 heterocycles. The van der Waals surface area contributed by atoms with Crippen LogP contribution in [0.1, 0.15) is 17.3 Å². The predicted octanol–water partition coefficient (Wildman–Crippen LogP) is 3.26. The van der Waals surface area contributed by atoms with Gasteiger partial charge in [0.1, 0.15) is 17.5 Å². The maximum Gasteiger partial charge on any atom is 0.254 e. The third-order valence-corrected chi connectivity index (χ3v) is 6.02. The van der Waals surface area contributed by atoms with Crippen LogP contribution < -0.4 is 16.0 Å². The molecule has 2 aromatic heterocycles. The van der Waals surface area contributed by atoms with E-state index in [0.29, 0.717) is 23.0 Å². The zero-order valence-electron chi connectivity index (χ0n) is 16.3. The maximum absolute atomic E-state index is 13.1. The molecule has 0 fully saturated rings. The number of carbonyl (C=O) groups excluding carboxylic acids is 1. The average molecular weight is 429 g/mol. The molecule has 0 atom stereocenters. The molecule has 156 valence electrons. The second kappa shape index (κ2) is 8.87. The minimum absolute atomic E-state index is 0.0621. The summed E-state index contributed by atoms with van der Waals surface area (Å²) in [6.07, 6.45) is 2.41. The standard InChI is InChI=1S/C20H20FN5O3S/c1-3-30(28,29)17-7-5-4-6-15(17)25-16-10-19(24-12-14(16)20(27)22-2)26-18-9-8-13(21)11-23-18/h4-12H,3H2,1-2H3,(H,22,27)(H2,23,24,25,26). The first kappa shape index (κ1) is 21.2. The number of halogens is 1. The van der Waals surface area contributed by atoms with Crippen LogP contribution in [0, 0.1) is 5.82 Å².